The summed E-state index contributed by atoms with van der Waals surface area (Å²) >= 11 is 3.69. The molecule has 0 aliphatic heterocycles. The molecule has 9 aromatic heterocycles. The van der Waals surface area contributed by atoms with Crippen LogP contribution in [0.25, 0.3) is 101 Å². The molecule has 0 fully saturated rings. The zero-order valence-corrected chi connectivity index (χ0v) is 60.5. The second kappa shape index (κ2) is 31.6. The summed E-state index contributed by atoms with van der Waals surface area (Å²) in [7, 11) is 9.36. The maximum Gasteiger partial charge on any atom is 0.300 e. The molecule has 0 saturated heterocycles. The van der Waals surface area contributed by atoms with Gasteiger partial charge in [-0.25, -0.2) is 0 Å². The van der Waals surface area contributed by atoms with E-state index in [0.29, 0.717) is 148 Å². The number of hydrogen-bond acceptors (Lipinski definition) is 25. The number of carbonyl (C=O) groups excluding carboxylic acids is 3. The van der Waals surface area contributed by atoms with Gasteiger partial charge in [0.2, 0.25) is 14.9 Å². The van der Waals surface area contributed by atoms with Crippen molar-refractivity contribution in [2.75, 3.05) is 42.7 Å². The van der Waals surface area contributed by atoms with Gasteiger partial charge in [0.15, 0.2) is 69.3 Å². The van der Waals surface area contributed by atoms with E-state index in [1.807, 2.05) is 72.8 Å². The Morgan fingerprint density at radius 3 is 0.802 bits per heavy atom. The zero-order valence-electron chi connectivity index (χ0n) is 58.0. The van der Waals surface area contributed by atoms with E-state index in [1.165, 1.54) is 68.3 Å². The minimum absolute atomic E-state index is 0.00796. The molecule has 0 amide bonds. The minimum Gasteiger partial charge on any atom is -0.493 e. The highest BCUT2D eigenvalue weighted by atomic mass is 32.1. The number of benzene rings is 6. The number of thiazole rings is 3. The molecular weight excluding hydrogens is 1420 g/mol. The maximum atomic E-state index is 12.9. The van der Waals surface area contributed by atoms with Crippen LogP contribution in [-0.2, 0) is 4.79 Å². The predicted molar refractivity (Wildman–Crippen MR) is 399 cm³/mol. The van der Waals surface area contributed by atoms with Crippen molar-refractivity contribution < 1.29 is 66.0 Å². The highest BCUT2D eigenvalue weighted by molar-refractivity contribution is 7.15. The van der Waals surface area contributed by atoms with Crippen LogP contribution in [0, 0.1) is 0 Å². The van der Waals surface area contributed by atoms with Gasteiger partial charge in [0.25, 0.3) is 22.6 Å². The third-order valence-electron chi connectivity index (χ3n) is 15.9. The minimum atomic E-state index is -0.833. The van der Waals surface area contributed by atoms with Gasteiger partial charge in [-0.1, -0.05) is 107 Å². The monoisotopic (exact) mass is 1480 g/mol. The molecule has 0 aliphatic carbocycles. The van der Waals surface area contributed by atoms with Gasteiger partial charge < -0.3 is 46.8 Å². The first-order chi connectivity index (χ1) is 51.1. The van der Waals surface area contributed by atoms with Crippen molar-refractivity contribution in [3.63, 3.8) is 0 Å². The summed E-state index contributed by atoms with van der Waals surface area (Å²) < 4.78 is 54.7. The summed E-state index contributed by atoms with van der Waals surface area (Å²) in [5, 5.41) is 20.6. The number of ether oxygens (including phenoxy) is 6. The number of aliphatic carboxylic acids is 1. The van der Waals surface area contributed by atoms with Gasteiger partial charge >= 0.3 is 0 Å². The van der Waals surface area contributed by atoms with Gasteiger partial charge in [0, 0.05) is 75.2 Å². The van der Waals surface area contributed by atoms with Crippen LogP contribution in [0.5, 0.6) is 34.5 Å². The molecule has 0 aliphatic rings. The van der Waals surface area contributed by atoms with Crippen molar-refractivity contribution in [3.8, 4) is 103 Å². The number of hydrogen-bond donors (Lipinski definition) is 1. The quantitative estimate of drug-likeness (QED) is 0.0780. The second-order valence-corrected chi connectivity index (χ2v) is 25.9. The Morgan fingerprint density at radius 2 is 0.585 bits per heavy atom. The predicted octanol–water partition coefficient (Wildman–Crippen LogP) is 11.6. The lowest BCUT2D eigenvalue weighted by molar-refractivity contribution is -0.134. The molecule has 0 bridgehead atoms. The molecule has 106 heavy (non-hydrogen) atoms. The largest absolute Gasteiger partial charge is 0.493 e. The fraction of sp³-hybridized carbons (Fsp3) is 0.130. The van der Waals surface area contributed by atoms with Crippen LogP contribution in [0.15, 0.2) is 191 Å². The van der Waals surface area contributed by atoms with Crippen LogP contribution in [-0.4, -0.2) is 115 Å². The maximum absolute atomic E-state index is 12.9. The summed E-state index contributed by atoms with van der Waals surface area (Å²) in [4.78, 5) is 97.0. The van der Waals surface area contributed by atoms with Crippen molar-refractivity contribution in [2.24, 2.45) is 0 Å². The molecule has 0 saturated carbocycles. The molecule has 1 N–H and O–H groups in total. The fourth-order valence-corrected chi connectivity index (χ4v) is 13.2. The van der Waals surface area contributed by atoms with Crippen LogP contribution < -0.4 is 58.7 Å². The molecule has 0 radical (unpaired) electrons. The molecule has 29 heteroatoms. The number of furan rings is 3. The second-order valence-electron chi connectivity index (χ2n) is 22.9. The first-order valence-corrected chi connectivity index (χ1v) is 34.3. The third-order valence-corrected chi connectivity index (χ3v) is 18.8. The highest BCUT2D eigenvalue weighted by Gasteiger charge is 2.20. The lowest BCUT2D eigenvalue weighted by Gasteiger charge is -2.07. The number of methoxy groups -OCH3 is 6. The first kappa shape index (κ1) is 72.5. The average molecular weight is 1480 g/mol. The first-order valence-electron chi connectivity index (χ1n) is 31.9. The normalized spacial score (nSPS) is 11.6. The number of aromatic nitrogens is 9. The molecular formula is C77H61N9O17S3. The lowest BCUT2D eigenvalue weighted by Crippen LogP contribution is -2.23. The molecule has 534 valence electrons. The van der Waals surface area contributed by atoms with E-state index in [0.717, 1.165) is 23.6 Å². The summed E-state index contributed by atoms with van der Waals surface area (Å²) in [5.74, 6) is 7.45. The van der Waals surface area contributed by atoms with Crippen molar-refractivity contribution in [1.29, 1.82) is 0 Å². The number of carbonyl (C=O) groups is 4. The van der Waals surface area contributed by atoms with Crippen molar-refractivity contribution >= 4 is 90.4 Å². The van der Waals surface area contributed by atoms with Crippen LogP contribution in [0.1, 0.15) is 76.0 Å². The number of fused-ring (bicyclic) bond motifs is 3. The Balaban J connectivity index is 0.000000145. The average Bonchev–Trinajstić information content (AvgIpc) is 1.63. The van der Waals surface area contributed by atoms with E-state index in [1.54, 1.807) is 152 Å². The van der Waals surface area contributed by atoms with E-state index >= 15 is 0 Å². The molecule has 15 rings (SSSR count). The molecule has 26 nitrogen and oxygen atoms in total. The van der Waals surface area contributed by atoms with Gasteiger partial charge in [0.1, 0.15) is 48.2 Å². The van der Waals surface area contributed by atoms with Gasteiger partial charge in [-0.3, -0.25) is 33.6 Å². The van der Waals surface area contributed by atoms with E-state index < -0.39 is 5.97 Å². The lowest BCUT2D eigenvalue weighted by atomic mass is 10.1. The van der Waals surface area contributed by atoms with E-state index in [2.05, 4.69) is 30.2 Å². The molecule has 0 atom stereocenters. The molecule has 0 unspecified atom stereocenters. The SMILES string of the molecule is CC(=O)O.COc1ccc(-c2nc3s/c(=C\c4ccc(-c5ccc(C(C)=O)cc5)o4)c(=O)n3n2)cc1OC.COc1ccc(-c2nc3s/c(=C\c4ccc(-c5ccc(C(C)=O)cc5)o4)c(=O)n3n2)cc1OC.COc1ccc(-c2nc3s/c(=C\c4ccc(-c5ccc(C(C)=O)cc5)o4)c(=O)n3n2)cc1OC. The van der Waals surface area contributed by atoms with Crippen molar-refractivity contribution in [2.45, 2.75) is 27.7 Å². The Morgan fingerprint density at radius 1 is 0.349 bits per heavy atom. The topological polar surface area (TPSA) is 325 Å². The zero-order chi connectivity index (χ0) is 75.0. The number of rotatable bonds is 18. The standard InChI is InChI=1S/3C25H19N3O5S.C2H4O2/c3*1-14(29)15-4-6-16(7-5-15)19-11-9-18(33-19)13-22-24(30)28-25(34-22)26-23(27-28)17-8-10-20(31-2)21(12-17)32-3;1-2(3)4/h3*4-13H,1-3H3;1H3,(H,3,4)/b3*22-13-;. The van der Waals surface area contributed by atoms with Crippen LogP contribution in [0.4, 0.5) is 0 Å². The molecule has 15 aromatic rings. The highest BCUT2D eigenvalue weighted by Crippen LogP contribution is 2.35. The number of ketones is 3. The van der Waals surface area contributed by atoms with E-state index in [9.17, 15) is 28.8 Å². The summed E-state index contributed by atoms with van der Waals surface area (Å²) in [5.41, 5.74) is 5.76. The molecule has 0 spiro atoms. The smallest absolute Gasteiger partial charge is 0.300 e. The Hall–Kier alpha value is -13.3. The molecule has 9 heterocycles. The van der Waals surface area contributed by atoms with Crippen LogP contribution >= 0.6 is 34.0 Å². The van der Waals surface area contributed by atoms with Crippen molar-refractivity contribution in [3.05, 3.63) is 242 Å². The summed E-state index contributed by atoms with van der Waals surface area (Å²) in [6.07, 6.45) is 5.02. The Labute approximate surface area is 612 Å². The summed E-state index contributed by atoms with van der Waals surface area (Å²) in [6.45, 7) is 5.66. The van der Waals surface area contributed by atoms with Crippen LogP contribution in [0.3, 0.4) is 0 Å². The third kappa shape index (κ3) is 15.9. The van der Waals surface area contributed by atoms with Crippen molar-refractivity contribution in [1.82, 2.24) is 43.8 Å². The fourth-order valence-electron chi connectivity index (χ4n) is 10.5. The van der Waals surface area contributed by atoms with Gasteiger partial charge in [0.05, 0.1) is 42.7 Å². The van der Waals surface area contributed by atoms with Gasteiger partial charge in [-0.2, -0.15) is 28.5 Å². The Kier molecular flexibility index (Phi) is 21.6. The van der Waals surface area contributed by atoms with Crippen LogP contribution in [0.2, 0.25) is 0 Å². The molecule has 6 aromatic carbocycles. The van der Waals surface area contributed by atoms with Gasteiger partial charge in [-0.05, 0) is 112 Å². The number of carboxylic acid groups (broad SMARTS) is 1. The summed E-state index contributed by atoms with van der Waals surface area (Å²) in [6, 6.07) is 48.4. The van der Waals surface area contributed by atoms with E-state index in [-0.39, 0.29) is 34.0 Å². The van der Waals surface area contributed by atoms with E-state index in [4.69, 9.17) is 51.6 Å². The number of carboxylic acids is 1. The Bertz CT molecular complexity index is 5590. The number of Topliss-reactive ketones (excluding diaryl/α,β-unsaturated/α-hetero) is 3. The van der Waals surface area contributed by atoms with Gasteiger partial charge in [-0.15, -0.1) is 15.3 Å². The number of nitrogens with zero attached hydrogens (tertiary/aromatic N) is 9.